The number of hydrogen-bond donors (Lipinski definition) is 1. The van der Waals surface area contributed by atoms with E-state index in [0.29, 0.717) is 0 Å². The van der Waals surface area contributed by atoms with Gasteiger partial charge in [0.1, 0.15) is 10.6 Å². The molecule has 0 bridgehead atoms. The lowest BCUT2D eigenvalue weighted by Gasteiger charge is -2.34. The molecule has 106 valence electrons. The van der Waals surface area contributed by atoms with E-state index in [-0.39, 0.29) is 16.6 Å². The van der Waals surface area contributed by atoms with Crippen LogP contribution in [0.4, 0.5) is 8.78 Å². The fourth-order valence-electron chi connectivity index (χ4n) is 2.12. The van der Waals surface area contributed by atoms with Crippen LogP contribution in [0.25, 0.3) is 0 Å². The van der Waals surface area contributed by atoms with Crippen molar-refractivity contribution in [2.24, 2.45) is 0 Å². The van der Waals surface area contributed by atoms with Gasteiger partial charge in [0.05, 0.1) is 5.25 Å². The van der Waals surface area contributed by atoms with E-state index in [1.54, 1.807) is 6.07 Å². The number of alkyl halides is 2. The van der Waals surface area contributed by atoms with Gasteiger partial charge >= 0.3 is 0 Å². The maximum absolute atomic E-state index is 12.8. The van der Waals surface area contributed by atoms with Gasteiger partial charge in [0, 0.05) is 12.8 Å². The maximum Gasteiger partial charge on any atom is 0.250 e. The number of benzene rings is 1. The third-order valence-electron chi connectivity index (χ3n) is 3.45. The van der Waals surface area contributed by atoms with Gasteiger partial charge in [0.2, 0.25) is 0 Å². The number of phenols is 1. The SMILES string of the molecule is CC(C)c1ccc(O)c(S(=O)(=O)C2CC(F)(F)C2)c1. The molecule has 1 aromatic carbocycles. The van der Waals surface area contributed by atoms with Crippen LogP contribution < -0.4 is 0 Å². The lowest BCUT2D eigenvalue weighted by Crippen LogP contribution is -2.44. The van der Waals surface area contributed by atoms with Crippen molar-refractivity contribution in [3.63, 3.8) is 0 Å². The fourth-order valence-corrected chi connectivity index (χ4v) is 4.07. The predicted octanol–water partition coefficient (Wildman–Crippen LogP) is 3.09. The summed E-state index contributed by atoms with van der Waals surface area (Å²) in [6.45, 7) is 3.78. The summed E-state index contributed by atoms with van der Waals surface area (Å²) in [5.41, 5.74) is 0.752. The molecular weight excluding hydrogens is 274 g/mol. The van der Waals surface area contributed by atoms with Crippen molar-refractivity contribution in [1.82, 2.24) is 0 Å². The summed E-state index contributed by atoms with van der Waals surface area (Å²) < 4.78 is 50.0. The van der Waals surface area contributed by atoms with Gasteiger partial charge in [-0.2, -0.15) is 0 Å². The topological polar surface area (TPSA) is 54.4 Å². The van der Waals surface area contributed by atoms with E-state index in [4.69, 9.17) is 0 Å². The molecule has 0 amide bonds. The minimum atomic E-state index is -3.89. The van der Waals surface area contributed by atoms with E-state index < -0.39 is 33.9 Å². The predicted molar refractivity (Wildman–Crippen MR) is 67.4 cm³/mol. The molecule has 0 aliphatic heterocycles. The maximum atomic E-state index is 12.8. The molecule has 0 unspecified atom stereocenters. The van der Waals surface area contributed by atoms with Crippen LogP contribution in [0.3, 0.4) is 0 Å². The molecule has 1 aliphatic rings. The standard InChI is InChI=1S/C13H16F2O3S/c1-8(2)9-3-4-11(16)12(5-9)19(17,18)10-6-13(14,15)7-10/h3-5,8,10,16H,6-7H2,1-2H3. The Hall–Kier alpha value is -1.17. The van der Waals surface area contributed by atoms with Gasteiger partial charge in [-0.05, 0) is 23.6 Å². The quantitative estimate of drug-likeness (QED) is 0.930. The van der Waals surface area contributed by atoms with Gasteiger partial charge < -0.3 is 5.11 Å². The molecular formula is C13H16F2O3S. The summed E-state index contributed by atoms with van der Waals surface area (Å²) in [7, 11) is -3.89. The Balaban J connectivity index is 2.38. The van der Waals surface area contributed by atoms with Crippen molar-refractivity contribution in [3.8, 4) is 5.75 Å². The molecule has 0 atom stereocenters. The second-order valence-corrected chi connectivity index (χ2v) is 7.51. The van der Waals surface area contributed by atoms with Crippen LogP contribution in [0.5, 0.6) is 5.75 Å². The molecule has 19 heavy (non-hydrogen) atoms. The molecule has 6 heteroatoms. The smallest absolute Gasteiger partial charge is 0.250 e. The van der Waals surface area contributed by atoms with Gasteiger partial charge in [0.25, 0.3) is 5.92 Å². The van der Waals surface area contributed by atoms with Crippen LogP contribution in [-0.4, -0.2) is 24.7 Å². The molecule has 1 aliphatic carbocycles. The van der Waals surface area contributed by atoms with Gasteiger partial charge in [-0.15, -0.1) is 0 Å². The fraction of sp³-hybridized carbons (Fsp3) is 0.538. The van der Waals surface area contributed by atoms with Gasteiger partial charge in [-0.25, -0.2) is 17.2 Å². The number of rotatable bonds is 3. The van der Waals surface area contributed by atoms with Gasteiger partial charge in [0.15, 0.2) is 9.84 Å². The van der Waals surface area contributed by atoms with E-state index in [9.17, 15) is 22.3 Å². The van der Waals surface area contributed by atoms with Crippen molar-refractivity contribution in [1.29, 1.82) is 0 Å². The van der Waals surface area contributed by atoms with Crippen LogP contribution in [-0.2, 0) is 9.84 Å². The van der Waals surface area contributed by atoms with E-state index >= 15 is 0 Å². The van der Waals surface area contributed by atoms with Crippen LogP contribution in [0.2, 0.25) is 0 Å². The molecule has 2 rings (SSSR count). The number of phenolic OH excluding ortho intramolecular Hbond substituents is 1. The number of halogens is 2. The first-order chi connectivity index (χ1) is 8.63. The number of hydrogen-bond acceptors (Lipinski definition) is 3. The monoisotopic (exact) mass is 290 g/mol. The zero-order valence-corrected chi connectivity index (χ0v) is 11.5. The highest BCUT2D eigenvalue weighted by Gasteiger charge is 2.52. The molecule has 0 aromatic heterocycles. The van der Waals surface area contributed by atoms with Crippen molar-refractivity contribution >= 4 is 9.84 Å². The van der Waals surface area contributed by atoms with E-state index in [0.717, 1.165) is 5.56 Å². The van der Waals surface area contributed by atoms with E-state index in [2.05, 4.69) is 0 Å². The molecule has 0 radical (unpaired) electrons. The van der Waals surface area contributed by atoms with Crippen LogP contribution in [0.15, 0.2) is 23.1 Å². The first-order valence-corrected chi connectivity index (χ1v) is 7.63. The van der Waals surface area contributed by atoms with Gasteiger partial charge in [-0.3, -0.25) is 0 Å². The molecule has 1 saturated carbocycles. The largest absolute Gasteiger partial charge is 0.507 e. The van der Waals surface area contributed by atoms with Gasteiger partial charge in [-0.1, -0.05) is 19.9 Å². The summed E-state index contributed by atoms with van der Waals surface area (Å²) in [6, 6.07) is 4.32. The third-order valence-corrected chi connectivity index (χ3v) is 5.60. The number of sulfone groups is 1. The molecule has 0 heterocycles. The second kappa shape index (κ2) is 4.44. The Bertz CT molecular complexity index is 586. The first kappa shape index (κ1) is 14.2. The molecule has 3 nitrogen and oxygen atoms in total. The summed E-state index contributed by atoms with van der Waals surface area (Å²) >= 11 is 0. The average molecular weight is 290 g/mol. The highest BCUT2D eigenvalue weighted by molar-refractivity contribution is 7.92. The lowest BCUT2D eigenvalue weighted by molar-refractivity contribution is -0.0686. The van der Waals surface area contributed by atoms with Crippen molar-refractivity contribution in [2.75, 3.05) is 0 Å². The Labute approximate surface area is 111 Å². The van der Waals surface area contributed by atoms with Crippen molar-refractivity contribution in [2.45, 2.75) is 48.7 Å². The Morgan fingerprint density at radius 1 is 1.32 bits per heavy atom. The van der Waals surface area contributed by atoms with Crippen molar-refractivity contribution < 1.29 is 22.3 Å². The zero-order valence-electron chi connectivity index (χ0n) is 10.7. The molecule has 1 fully saturated rings. The lowest BCUT2D eigenvalue weighted by atomic mass is 9.94. The van der Waals surface area contributed by atoms with Crippen LogP contribution >= 0.6 is 0 Å². The Kier molecular flexibility index (Phi) is 3.33. The number of aromatic hydroxyl groups is 1. The Morgan fingerprint density at radius 3 is 2.37 bits per heavy atom. The minimum absolute atomic E-state index is 0.0948. The average Bonchev–Trinajstić information content (AvgIpc) is 2.25. The molecule has 0 spiro atoms. The second-order valence-electron chi connectivity index (χ2n) is 5.31. The minimum Gasteiger partial charge on any atom is -0.507 e. The first-order valence-electron chi connectivity index (χ1n) is 6.08. The Morgan fingerprint density at radius 2 is 1.89 bits per heavy atom. The van der Waals surface area contributed by atoms with Crippen molar-refractivity contribution in [3.05, 3.63) is 23.8 Å². The zero-order chi connectivity index (χ0) is 14.4. The molecule has 0 saturated heterocycles. The normalized spacial score (nSPS) is 19.4. The molecule has 1 N–H and O–H groups in total. The summed E-state index contributed by atoms with van der Waals surface area (Å²) in [6.07, 6.45) is -1.33. The van der Waals surface area contributed by atoms with E-state index in [1.807, 2.05) is 13.8 Å². The summed E-state index contributed by atoms with van der Waals surface area (Å²) in [4.78, 5) is -0.237. The molecule has 1 aromatic rings. The summed E-state index contributed by atoms with van der Waals surface area (Å²) in [5.74, 6) is -3.18. The summed E-state index contributed by atoms with van der Waals surface area (Å²) in [5, 5.41) is 8.58. The highest BCUT2D eigenvalue weighted by Crippen LogP contribution is 2.44. The van der Waals surface area contributed by atoms with E-state index in [1.165, 1.54) is 12.1 Å². The third kappa shape index (κ3) is 2.59. The highest BCUT2D eigenvalue weighted by atomic mass is 32.2. The van der Waals surface area contributed by atoms with Crippen LogP contribution in [0.1, 0.15) is 38.2 Å². The van der Waals surface area contributed by atoms with Crippen LogP contribution in [0, 0.1) is 0 Å².